The van der Waals surface area contributed by atoms with E-state index in [1.54, 1.807) is 19.5 Å². The number of rotatable bonds is 4. The largest absolute Gasteiger partial charge is 0.497 e. The summed E-state index contributed by atoms with van der Waals surface area (Å²) in [7, 11) is 1.66. The van der Waals surface area contributed by atoms with Gasteiger partial charge in [0.15, 0.2) is 0 Å². The van der Waals surface area contributed by atoms with Gasteiger partial charge in [-0.2, -0.15) is 5.10 Å². The van der Waals surface area contributed by atoms with E-state index in [9.17, 15) is 4.79 Å². The molecule has 7 nitrogen and oxygen atoms in total. The third-order valence-corrected chi connectivity index (χ3v) is 5.66. The van der Waals surface area contributed by atoms with E-state index in [0.717, 1.165) is 35.8 Å². The van der Waals surface area contributed by atoms with Gasteiger partial charge < -0.3 is 15.0 Å². The molecule has 146 valence electrons. The first-order chi connectivity index (χ1) is 14.2. The molecule has 2 unspecified atom stereocenters. The Labute approximate surface area is 167 Å². The van der Waals surface area contributed by atoms with Crippen molar-refractivity contribution in [3.8, 4) is 16.9 Å². The summed E-state index contributed by atoms with van der Waals surface area (Å²) < 4.78 is 5.26. The van der Waals surface area contributed by atoms with Crippen molar-refractivity contribution >= 4 is 10.9 Å². The Morgan fingerprint density at radius 3 is 2.62 bits per heavy atom. The SMILES string of the molecule is COc1ccc(C2CNCC2c2nc3ccc(-c4cn[nH]c4)cc3c(=O)[nH]2)cc1. The number of aromatic amines is 2. The zero-order chi connectivity index (χ0) is 19.8. The summed E-state index contributed by atoms with van der Waals surface area (Å²) in [5.74, 6) is 1.91. The molecular formula is C22H21N5O2. The minimum absolute atomic E-state index is 0.106. The van der Waals surface area contributed by atoms with E-state index >= 15 is 0 Å². The van der Waals surface area contributed by atoms with E-state index in [4.69, 9.17) is 9.72 Å². The molecule has 1 aliphatic rings. The third-order valence-electron chi connectivity index (χ3n) is 5.66. The second kappa shape index (κ2) is 7.18. The molecule has 2 atom stereocenters. The maximum absolute atomic E-state index is 12.8. The quantitative estimate of drug-likeness (QED) is 0.500. The highest BCUT2D eigenvalue weighted by atomic mass is 16.5. The Balaban J connectivity index is 1.52. The Morgan fingerprint density at radius 1 is 1.03 bits per heavy atom. The molecule has 0 aliphatic carbocycles. The highest BCUT2D eigenvalue weighted by Gasteiger charge is 2.31. The van der Waals surface area contributed by atoms with Crippen molar-refractivity contribution in [2.45, 2.75) is 11.8 Å². The van der Waals surface area contributed by atoms with Crippen molar-refractivity contribution in [3.05, 3.63) is 76.6 Å². The molecule has 1 saturated heterocycles. The zero-order valence-corrected chi connectivity index (χ0v) is 16.0. The Bertz CT molecular complexity index is 1200. The molecule has 1 fully saturated rings. The average molecular weight is 387 g/mol. The molecule has 0 spiro atoms. The summed E-state index contributed by atoms with van der Waals surface area (Å²) in [6.45, 7) is 1.62. The monoisotopic (exact) mass is 387 g/mol. The Hall–Kier alpha value is -3.45. The van der Waals surface area contributed by atoms with Crippen molar-refractivity contribution in [1.82, 2.24) is 25.5 Å². The maximum atomic E-state index is 12.8. The molecular weight excluding hydrogens is 366 g/mol. The molecule has 5 rings (SSSR count). The fourth-order valence-corrected chi connectivity index (χ4v) is 4.09. The first kappa shape index (κ1) is 17.6. The van der Waals surface area contributed by atoms with E-state index in [2.05, 4.69) is 32.6 Å². The molecule has 2 aromatic carbocycles. The van der Waals surface area contributed by atoms with Gasteiger partial charge in [-0.25, -0.2) is 4.98 Å². The van der Waals surface area contributed by atoms with Crippen LogP contribution < -0.4 is 15.6 Å². The third kappa shape index (κ3) is 3.19. The zero-order valence-electron chi connectivity index (χ0n) is 16.0. The van der Waals surface area contributed by atoms with E-state index < -0.39 is 0 Å². The van der Waals surface area contributed by atoms with Gasteiger partial charge in [-0.3, -0.25) is 9.89 Å². The van der Waals surface area contributed by atoms with E-state index in [1.807, 2.05) is 30.3 Å². The fraction of sp³-hybridized carbons (Fsp3) is 0.227. The van der Waals surface area contributed by atoms with Crippen LogP contribution in [-0.4, -0.2) is 40.4 Å². The van der Waals surface area contributed by atoms with Crippen LogP contribution in [0.1, 0.15) is 23.2 Å². The van der Waals surface area contributed by atoms with Gasteiger partial charge in [0.2, 0.25) is 0 Å². The lowest BCUT2D eigenvalue weighted by Gasteiger charge is -2.19. The maximum Gasteiger partial charge on any atom is 0.258 e. The van der Waals surface area contributed by atoms with Gasteiger partial charge in [-0.05, 0) is 35.4 Å². The molecule has 7 heteroatoms. The number of fused-ring (bicyclic) bond motifs is 1. The number of benzene rings is 2. The van der Waals surface area contributed by atoms with Crippen LogP contribution in [0.4, 0.5) is 0 Å². The van der Waals surface area contributed by atoms with E-state index in [1.165, 1.54) is 5.56 Å². The number of nitrogens with one attached hydrogen (secondary N) is 3. The molecule has 0 amide bonds. The molecule has 1 aliphatic heterocycles. The molecule has 2 aromatic heterocycles. The highest BCUT2D eigenvalue weighted by molar-refractivity contribution is 5.83. The number of hydrogen-bond donors (Lipinski definition) is 3. The van der Waals surface area contributed by atoms with Crippen molar-refractivity contribution in [3.63, 3.8) is 0 Å². The van der Waals surface area contributed by atoms with Gasteiger partial charge >= 0.3 is 0 Å². The van der Waals surface area contributed by atoms with Crippen LogP contribution in [-0.2, 0) is 0 Å². The summed E-state index contributed by atoms with van der Waals surface area (Å²) >= 11 is 0. The molecule has 3 heterocycles. The van der Waals surface area contributed by atoms with Gasteiger partial charge in [-0.15, -0.1) is 0 Å². The van der Waals surface area contributed by atoms with Crippen LogP contribution in [0, 0.1) is 0 Å². The molecule has 0 radical (unpaired) electrons. The van der Waals surface area contributed by atoms with Crippen LogP contribution in [0.25, 0.3) is 22.0 Å². The van der Waals surface area contributed by atoms with Crippen molar-refractivity contribution in [2.75, 3.05) is 20.2 Å². The van der Waals surface area contributed by atoms with Gasteiger partial charge in [0.25, 0.3) is 5.56 Å². The highest BCUT2D eigenvalue weighted by Crippen LogP contribution is 2.35. The van der Waals surface area contributed by atoms with Crippen LogP contribution in [0.3, 0.4) is 0 Å². The predicted octanol–water partition coefficient (Wildman–Crippen LogP) is 2.79. The Kier molecular flexibility index (Phi) is 4.37. The van der Waals surface area contributed by atoms with Gasteiger partial charge in [0.05, 0.1) is 24.2 Å². The van der Waals surface area contributed by atoms with Crippen LogP contribution >= 0.6 is 0 Å². The second-order valence-corrected chi connectivity index (χ2v) is 7.31. The summed E-state index contributed by atoms with van der Waals surface area (Å²) in [5, 5.41) is 10.8. The van der Waals surface area contributed by atoms with Gasteiger partial charge in [0.1, 0.15) is 11.6 Å². The van der Waals surface area contributed by atoms with Crippen LogP contribution in [0.2, 0.25) is 0 Å². The lowest BCUT2D eigenvalue weighted by atomic mass is 9.88. The van der Waals surface area contributed by atoms with Crippen molar-refractivity contribution in [1.29, 1.82) is 0 Å². The number of aromatic nitrogens is 4. The first-order valence-electron chi connectivity index (χ1n) is 9.61. The first-order valence-corrected chi connectivity index (χ1v) is 9.61. The predicted molar refractivity (Wildman–Crippen MR) is 111 cm³/mol. The number of ether oxygens (including phenoxy) is 1. The smallest absolute Gasteiger partial charge is 0.258 e. The number of nitrogens with zero attached hydrogens (tertiary/aromatic N) is 2. The number of hydrogen-bond acceptors (Lipinski definition) is 5. The molecule has 0 saturated carbocycles. The lowest BCUT2D eigenvalue weighted by molar-refractivity contribution is 0.414. The summed E-state index contributed by atoms with van der Waals surface area (Å²) in [6, 6.07) is 13.8. The van der Waals surface area contributed by atoms with Gasteiger partial charge in [-0.1, -0.05) is 18.2 Å². The minimum Gasteiger partial charge on any atom is -0.497 e. The standard InChI is InChI=1S/C22H21N5O2/c1-29-16-5-2-13(3-6-16)18-11-23-12-19(18)21-26-20-7-4-14(15-9-24-25-10-15)8-17(20)22(28)27-21/h2-10,18-19,23H,11-12H2,1H3,(H,24,25)(H,26,27,28). The minimum atomic E-state index is -0.115. The fourth-order valence-electron chi connectivity index (χ4n) is 4.09. The molecule has 0 bridgehead atoms. The lowest BCUT2D eigenvalue weighted by Crippen LogP contribution is -2.19. The summed E-state index contributed by atoms with van der Waals surface area (Å²) in [4.78, 5) is 20.7. The molecule has 3 N–H and O–H groups in total. The average Bonchev–Trinajstić information content (AvgIpc) is 3.46. The molecule has 4 aromatic rings. The van der Waals surface area contributed by atoms with Gasteiger partial charge in [0, 0.05) is 36.7 Å². The van der Waals surface area contributed by atoms with Crippen LogP contribution in [0.5, 0.6) is 5.75 Å². The number of methoxy groups -OCH3 is 1. The second-order valence-electron chi connectivity index (χ2n) is 7.31. The Morgan fingerprint density at radius 2 is 1.86 bits per heavy atom. The summed E-state index contributed by atoms with van der Waals surface area (Å²) in [6.07, 6.45) is 3.54. The molecule has 29 heavy (non-hydrogen) atoms. The normalized spacial score (nSPS) is 18.9. The number of H-pyrrole nitrogens is 2. The summed E-state index contributed by atoms with van der Waals surface area (Å²) in [5.41, 5.74) is 3.67. The van der Waals surface area contributed by atoms with Crippen LogP contribution in [0.15, 0.2) is 59.7 Å². The van der Waals surface area contributed by atoms with E-state index in [-0.39, 0.29) is 17.4 Å². The van der Waals surface area contributed by atoms with E-state index in [0.29, 0.717) is 10.9 Å². The van der Waals surface area contributed by atoms with Crippen molar-refractivity contribution in [2.24, 2.45) is 0 Å². The van der Waals surface area contributed by atoms with Crippen molar-refractivity contribution < 1.29 is 4.74 Å². The topological polar surface area (TPSA) is 95.7 Å².